The maximum absolute atomic E-state index is 13.5. The summed E-state index contributed by atoms with van der Waals surface area (Å²) in [7, 11) is 0. The van der Waals surface area contributed by atoms with Crippen LogP contribution in [-0.4, -0.2) is 10.8 Å². The van der Waals surface area contributed by atoms with Gasteiger partial charge in [-0.25, -0.2) is 0 Å². The van der Waals surface area contributed by atoms with Gasteiger partial charge in [-0.1, -0.05) is 86.6 Å². The average Bonchev–Trinajstić information content (AvgIpc) is 2.90. The van der Waals surface area contributed by atoms with E-state index in [1.54, 1.807) is 0 Å². The average molecular weight is 384 g/mol. The van der Waals surface area contributed by atoms with E-state index in [1.165, 1.54) is 27.8 Å². The monoisotopic (exact) mass is 383 g/mol. The van der Waals surface area contributed by atoms with E-state index in [4.69, 9.17) is 0 Å². The van der Waals surface area contributed by atoms with Crippen LogP contribution in [0.1, 0.15) is 48.9 Å². The van der Waals surface area contributed by atoms with E-state index in [0.717, 1.165) is 12.0 Å². The summed E-state index contributed by atoms with van der Waals surface area (Å²) in [5.74, 6) is 0.672. The van der Waals surface area contributed by atoms with E-state index in [-0.39, 0.29) is 11.8 Å². The van der Waals surface area contributed by atoms with Crippen LogP contribution in [-0.2, 0) is 24.3 Å². The van der Waals surface area contributed by atoms with Crippen molar-refractivity contribution in [2.75, 3.05) is 0 Å². The molecule has 2 heteroatoms. The Morgan fingerprint density at radius 1 is 0.793 bits per heavy atom. The largest absolute Gasteiger partial charge is 0.333 e. The van der Waals surface area contributed by atoms with Gasteiger partial charge in [-0.3, -0.25) is 4.79 Å². The number of benzene rings is 3. The minimum atomic E-state index is -0.152. The minimum Gasteiger partial charge on any atom is -0.333 e. The molecule has 1 amide bonds. The molecular weight excluding hydrogens is 354 g/mol. The number of carbonyl (C=O) groups is 1. The number of hydrogen-bond acceptors (Lipinski definition) is 1. The molecule has 3 aromatic carbocycles. The molecule has 0 spiro atoms. The van der Waals surface area contributed by atoms with Crippen molar-refractivity contribution in [2.24, 2.45) is 5.92 Å². The van der Waals surface area contributed by atoms with E-state index in [0.29, 0.717) is 19.0 Å². The summed E-state index contributed by atoms with van der Waals surface area (Å²) in [4.78, 5) is 15.5. The Bertz CT molecular complexity index is 956. The van der Waals surface area contributed by atoms with Crippen LogP contribution in [0, 0.1) is 5.92 Å². The number of carbonyl (C=O) groups excluding carboxylic acids is 1. The fourth-order valence-corrected chi connectivity index (χ4v) is 4.30. The van der Waals surface area contributed by atoms with E-state index < -0.39 is 0 Å². The predicted molar refractivity (Wildman–Crippen MR) is 120 cm³/mol. The third kappa shape index (κ3) is 4.12. The molecule has 0 aromatic heterocycles. The second-order valence-corrected chi connectivity index (χ2v) is 8.57. The van der Waals surface area contributed by atoms with Crippen molar-refractivity contribution in [1.29, 1.82) is 0 Å². The molecule has 0 N–H and O–H groups in total. The van der Waals surface area contributed by atoms with Crippen LogP contribution in [0.25, 0.3) is 11.1 Å². The third-order valence-corrected chi connectivity index (χ3v) is 5.85. The topological polar surface area (TPSA) is 20.3 Å². The number of hydrogen-bond donors (Lipinski definition) is 0. The molecule has 4 rings (SSSR count). The molecule has 0 unspecified atom stereocenters. The summed E-state index contributed by atoms with van der Waals surface area (Å²) in [5, 5.41) is 0. The fourth-order valence-electron chi connectivity index (χ4n) is 4.30. The molecule has 3 aromatic rings. The SMILES string of the molecule is CC(C)Cc1ccc([C@H](C)C(=O)N2Cc3ccccc3-c3ccccc3C2)cc1. The molecule has 0 saturated heterocycles. The van der Waals surface area contributed by atoms with Gasteiger partial charge in [0.1, 0.15) is 0 Å². The molecule has 0 bridgehead atoms. The van der Waals surface area contributed by atoms with Crippen LogP contribution in [0.15, 0.2) is 72.8 Å². The van der Waals surface area contributed by atoms with Gasteiger partial charge < -0.3 is 4.90 Å². The van der Waals surface area contributed by atoms with Gasteiger partial charge in [0.2, 0.25) is 5.91 Å². The van der Waals surface area contributed by atoms with Crippen molar-refractivity contribution < 1.29 is 4.79 Å². The predicted octanol–water partition coefficient (Wildman–Crippen LogP) is 6.20. The lowest BCUT2D eigenvalue weighted by atomic mass is 9.95. The van der Waals surface area contributed by atoms with E-state index >= 15 is 0 Å². The maximum Gasteiger partial charge on any atom is 0.230 e. The Kier molecular flexibility index (Phi) is 5.53. The molecular formula is C27H29NO. The highest BCUT2D eigenvalue weighted by Crippen LogP contribution is 2.33. The Balaban J connectivity index is 1.60. The first-order valence-electron chi connectivity index (χ1n) is 10.6. The fraction of sp³-hybridized carbons (Fsp3) is 0.296. The molecule has 29 heavy (non-hydrogen) atoms. The molecule has 0 saturated carbocycles. The number of amides is 1. The van der Waals surface area contributed by atoms with Crippen LogP contribution >= 0.6 is 0 Å². The van der Waals surface area contributed by atoms with Crippen molar-refractivity contribution in [1.82, 2.24) is 4.90 Å². The Labute approximate surface area is 174 Å². The van der Waals surface area contributed by atoms with Crippen molar-refractivity contribution in [3.05, 3.63) is 95.1 Å². The van der Waals surface area contributed by atoms with Crippen LogP contribution < -0.4 is 0 Å². The molecule has 1 aliphatic heterocycles. The van der Waals surface area contributed by atoms with Crippen LogP contribution in [0.4, 0.5) is 0 Å². The van der Waals surface area contributed by atoms with Crippen LogP contribution in [0.2, 0.25) is 0 Å². The van der Waals surface area contributed by atoms with Gasteiger partial charge in [0.25, 0.3) is 0 Å². The molecule has 2 nitrogen and oxygen atoms in total. The van der Waals surface area contributed by atoms with Crippen molar-refractivity contribution in [2.45, 2.75) is 46.2 Å². The molecule has 1 heterocycles. The maximum atomic E-state index is 13.5. The van der Waals surface area contributed by atoms with Crippen molar-refractivity contribution in [3.8, 4) is 11.1 Å². The summed E-state index contributed by atoms with van der Waals surface area (Å²) in [6.07, 6.45) is 1.07. The Morgan fingerprint density at radius 2 is 1.31 bits per heavy atom. The van der Waals surface area contributed by atoms with E-state index in [2.05, 4.69) is 86.6 Å². The Hall–Kier alpha value is -2.87. The number of fused-ring (bicyclic) bond motifs is 3. The normalized spacial score (nSPS) is 14.1. The highest BCUT2D eigenvalue weighted by atomic mass is 16.2. The zero-order chi connectivity index (χ0) is 20.4. The summed E-state index contributed by atoms with van der Waals surface area (Å²) in [5.41, 5.74) is 7.33. The Morgan fingerprint density at radius 3 is 1.83 bits per heavy atom. The lowest BCUT2D eigenvalue weighted by molar-refractivity contribution is -0.133. The summed E-state index contributed by atoms with van der Waals surface area (Å²) < 4.78 is 0. The van der Waals surface area contributed by atoms with E-state index in [1.807, 2.05) is 11.8 Å². The quantitative estimate of drug-likeness (QED) is 0.525. The first kappa shape index (κ1) is 19.4. The standard InChI is InChI=1S/C27H29NO/c1-19(2)16-21-12-14-22(15-13-21)20(3)27(29)28-17-23-8-4-6-10-25(23)26-11-7-5-9-24(26)18-28/h4-15,19-20H,16-18H2,1-3H3/t20-/m0/s1. The summed E-state index contributed by atoms with van der Waals surface area (Å²) in [6.45, 7) is 7.80. The smallest absolute Gasteiger partial charge is 0.230 e. The second-order valence-electron chi connectivity index (χ2n) is 8.57. The van der Waals surface area contributed by atoms with Crippen molar-refractivity contribution >= 4 is 5.91 Å². The highest BCUT2D eigenvalue weighted by molar-refractivity contribution is 5.84. The van der Waals surface area contributed by atoms with Gasteiger partial charge in [0.05, 0.1) is 5.92 Å². The first-order chi connectivity index (χ1) is 14.0. The van der Waals surface area contributed by atoms with Gasteiger partial charge >= 0.3 is 0 Å². The molecule has 0 fully saturated rings. The molecule has 0 aliphatic carbocycles. The summed E-state index contributed by atoms with van der Waals surface area (Å²) in [6, 6.07) is 25.5. The van der Waals surface area contributed by atoms with Gasteiger partial charge in [-0.15, -0.1) is 0 Å². The van der Waals surface area contributed by atoms with Gasteiger partial charge in [0.15, 0.2) is 0 Å². The minimum absolute atomic E-state index is 0.152. The lowest BCUT2D eigenvalue weighted by Crippen LogP contribution is -2.32. The second kappa shape index (κ2) is 8.24. The molecule has 1 atom stereocenters. The van der Waals surface area contributed by atoms with Gasteiger partial charge in [-0.05, 0) is 52.6 Å². The summed E-state index contributed by atoms with van der Waals surface area (Å²) >= 11 is 0. The van der Waals surface area contributed by atoms with E-state index in [9.17, 15) is 4.79 Å². The van der Waals surface area contributed by atoms with Crippen LogP contribution in [0.5, 0.6) is 0 Å². The number of rotatable bonds is 4. The highest BCUT2D eigenvalue weighted by Gasteiger charge is 2.26. The van der Waals surface area contributed by atoms with Gasteiger partial charge in [-0.2, -0.15) is 0 Å². The lowest BCUT2D eigenvalue weighted by Gasteiger charge is -2.25. The third-order valence-electron chi connectivity index (χ3n) is 5.85. The zero-order valence-corrected chi connectivity index (χ0v) is 17.6. The molecule has 1 aliphatic rings. The first-order valence-corrected chi connectivity index (χ1v) is 10.6. The van der Waals surface area contributed by atoms with Crippen molar-refractivity contribution in [3.63, 3.8) is 0 Å². The van der Waals surface area contributed by atoms with Crippen LogP contribution in [0.3, 0.4) is 0 Å². The molecule has 0 radical (unpaired) electrons. The number of nitrogens with zero attached hydrogens (tertiary/aromatic N) is 1. The zero-order valence-electron chi connectivity index (χ0n) is 17.6. The molecule has 148 valence electrons. The van der Waals surface area contributed by atoms with Gasteiger partial charge in [0, 0.05) is 13.1 Å².